The van der Waals surface area contributed by atoms with E-state index >= 15 is 0 Å². The lowest BCUT2D eigenvalue weighted by atomic mass is 9.96. The van der Waals surface area contributed by atoms with Crippen LogP contribution in [0.4, 0.5) is 13.2 Å². The van der Waals surface area contributed by atoms with Gasteiger partial charge in [-0.1, -0.05) is 6.07 Å². The van der Waals surface area contributed by atoms with Crippen molar-refractivity contribution < 1.29 is 22.6 Å². The van der Waals surface area contributed by atoms with Gasteiger partial charge in [0.25, 0.3) is 0 Å². The number of nitrogens with zero attached hydrogens (tertiary/aromatic N) is 1. The maximum Gasteiger partial charge on any atom is 0.416 e. The molecule has 1 aromatic carbocycles. The van der Waals surface area contributed by atoms with Crippen molar-refractivity contribution in [3.63, 3.8) is 0 Å². The van der Waals surface area contributed by atoms with Gasteiger partial charge in [0.15, 0.2) is 5.96 Å². The molecule has 9 heteroatoms. The van der Waals surface area contributed by atoms with Crippen molar-refractivity contribution in [1.82, 2.24) is 10.6 Å². The fraction of sp³-hybridized carbons (Fsp3) is 0.611. The van der Waals surface area contributed by atoms with Gasteiger partial charge in [0.1, 0.15) is 5.75 Å². The number of benzene rings is 1. The molecule has 0 aromatic heterocycles. The van der Waals surface area contributed by atoms with E-state index < -0.39 is 11.7 Å². The molecule has 2 aliphatic heterocycles. The van der Waals surface area contributed by atoms with Crippen LogP contribution in [-0.4, -0.2) is 37.9 Å². The number of guanidine groups is 1. The Morgan fingerprint density at radius 2 is 2.11 bits per heavy atom. The quantitative estimate of drug-likeness (QED) is 0.369. The Morgan fingerprint density at radius 3 is 2.67 bits per heavy atom. The van der Waals surface area contributed by atoms with Gasteiger partial charge in [0.2, 0.25) is 0 Å². The normalized spacial score (nSPS) is 24.5. The summed E-state index contributed by atoms with van der Waals surface area (Å²) in [6.07, 6.45) is -1.00. The van der Waals surface area contributed by atoms with Gasteiger partial charge in [-0.25, -0.2) is 4.99 Å². The van der Waals surface area contributed by atoms with Crippen LogP contribution in [-0.2, 0) is 17.5 Å². The Bertz CT molecular complexity index is 670. The Morgan fingerprint density at radius 1 is 1.33 bits per heavy atom. The van der Waals surface area contributed by atoms with Crippen LogP contribution >= 0.6 is 24.0 Å². The summed E-state index contributed by atoms with van der Waals surface area (Å²) >= 11 is 0. The zero-order valence-electron chi connectivity index (χ0n) is 15.3. The van der Waals surface area contributed by atoms with E-state index in [9.17, 15) is 13.2 Å². The minimum absolute atomic E-state index is 0. The molecule has 0 radical (unpaired) electrons. The third-order valence-electron chi connectivity index (χ3n) is 4.80. The van der Waals surface area contributed by atoms with Gasteiger partial charge in [-0.05, 0) is 43.9 Å². The van der Waals surface area contributed by atoms with Crippen molar-refractivity contribution >= 4 is 29.9 Å². The fourth-order valence-corrected chi connectivity index (χ4v) is 3.53. The fourth-order valence-electron chi connectivity index (χ4n) is 3.53. The molecule has 2 aliphatic rings. The summed E-state index contributed by atoms with van der Waals surface area (Å²) in [5.74, 6) is 0.687. The maximum absolute atomic E-state index is 13.3. The molecule has 0 saturated carbocycles. The van der Waals surface area contributed by atoms with Crippen LogP contribution in [0.3, 0.4) is 0 Å². The van der Waals surface area contributed by atoms with E-state index in [0.717, 1.165) is 25.3 Å². The molecular weight excluding hydrogens is 474 g/mol. The van der Waals surface area contributed by atoms with E-state index in [0.29, 0.717) is 18.6 Å². The lowest BCUT2D eigenvalue weighted by Gasteiger charge is -2.22. The molecule has 3 rings (SSSR count). The van der Waals surface area contributed by atoms with Gasteiger partial charge in [0.05, 0.1) is 37.5 Å². The lowest BCUT2D eigenvalue weighted by molar-refractivity contribution is -0.138. The number of alkyl halides is 3. The monoisotopic (exact) mass is 499 g/mol. The molecule has 152 valence electrons. The second kappa shape index (κ2) is 9.31. The molecule has 2 saturated heterocycles. The first-order valence-electron chi connectivity index (χ1n) is 8.85. The Labute approximate surface area is 174 Å². The standard InChI is InChI=1S/C18H24F3N3O2.HI/c1-3-22-17(24-15-9-13-6-7-16(15)26-13)23-10-11-4-5-12(25-2)8-14(11)18(19,20)21;/h4-5,8,13,15-16H,3,6-7,9-10H2,1-2H3,(H2,22,23,24);1H. The van der Waals surface area contributed by atoms with Crippen molar-refractivity contribution in [3.05, 3.63) is 29.3 Å². The molecule has 3 atom stereocenters. The Balaban J connectivity index is 0.00000261. The SMILES string of the molecule is CCNC(=NCc1ccc(OC)cc1C(F)(F)F)NC1CC2CCC1O2.I. The Hall–Kier alpha value is -1.23. The molecule has 2 heterocycles. The van der Waals surface area contributed by atoms with E-state index in [-0.39, 0.29) is 54.0 Å². The van der Waals surface area contributed by atoms with E-state index in [1.807, 2.05) is 6.92 Å². The molecule has 1 aromatic rings. The van der Waals surface area contributed by atoms with Crippen LogP contribution in [0.2, 0.25) is 0 Å². The Kier molecular flexibility index (Phi) is 7.61. The number of rotatable bonds is 5. The summed E-state index contributed by atoms with van der Waals surface area (Å²) in [5.41, 5.74) is -0.612. The smallest absolute Gasteiger partial charge is 0.416 e. The molecule has 0 amide bonds. The van der Waals surface area contributed by atoms with Crippen molar-refractivity contribution in [2.24, 2.45) is 4.99 Å². The minimum Gasteiger partial charge on any atom is -0.497 e. The van der Waals surface area contributed by atoms with E-state index in [2.05, 4.69) is 15.6 Å². The highest BCUT2D eigenvalue weighted by molar-refractivity contribution is 14.0. The zero-order chi connectivity index (χ0) is 18.7. The number of halogens is 4. The number of hydrogen-bond acceptors (Lipinski definition) is 3. The average molecular weight is 499 g/mol. The summed E-state index contributed by atoms with van der Waals surface area (Å²) < 4.78 is 50.7. The van der Waals surface area contributed by atoms with E-state index in [4.69, 9.17) is 9.47 Å². The van der Waals surface area contributed by atoms with Crippen molar-refractivity contribution in [2.45, 2.75) is 57.2 Å². The van der Waals surface area contributed by atoms with Crippen LogP contribution in [0.1, 0.15) is 37.3 Å². The molecule has 27 heavy (non-hydrogen) atoms. The minimum atomic E-state index is -4.45. The summed E-state index contributed by atoms with van der Waals surface area (Å²) in [5, 5.41) is 6.40. The third-order valence-corrected chi connectivity index (χ3v) is 4.80. The highest BCUT2D eigenvalue weighted by Gasteiger charge is 2.41. The number of methoxy groups -OCH3 is 1. The van der Waals surface area contributed by atoms with Crippen LogP contribution in [0, 0.1) is 0 Å². The van der Waals surface area contributed by atoms with Gasteiger partial charge in [-0.15, -0.1) is 24.0 Å². The van der Waals surface area contributed by atoms with Crippen molar-refractivity contribution in [1.29, 1.82) is 0 Å². The third kappa shape index (κ3) is 5.40. The predicted molar refractivity (Wildman–Crippen MR) is 108 cm³/mol. The second-order valence-electron chi connectivity index (χ2n) is 6.58. The molecule has 2 N–H and O–H groups in total. The van der Waals surface area contributed by atoms with Crippen LogP contribution in [0.15, 0.2) is 23.2 Å². The predicted octanol–water partition coefficient (Wildman–Crippen LogP) is 3.71. The van der Waals surface area contributed by atoms with Crippen molar-refractivity contribution in [2.75, 3.05) is 13.7 Å². The molecule has 2 bridgehead atoms. The van der Waals surface area contributed by atoms with Gasteiger partial charge < -0.3 is 20.1 Å². The largest absolute Gasteiger partial charge is 0.497 e. The number of fused-ring (bicyclic) bond motifs is 2. The lowest BCUT2D eigenvalue weighted by Crippen LogP contribution is -2.47. The van der Waals surface area contributed by atoms with Gasteiger partial charge >= 0.3 is 6.18 Å². The van der Waals surface area contributed by atoms with E-state index in [1.54, 1.807) is 0 Å². The molecule has 0 spiro atoms. The number of hydrogen-bond donors (Lipinski definition) is 2. The first-order chi connectivity index (χ1) is 12.4. The van der Waals surface area contributed by atoms with Crippen LogP contribution in [0.25, 0.3) is 0 Å². The molecule has 2 fully saturated rings. The summed E-state index contributed by atoms with van der Waals surface area (Å²) in [6.45, 7) is 2.47. The number of aliphatic imine (C=N–C) groups is 1. The van der Waals surface area contributed by atoms with Gasteiger partial charge in [-0.3, -0.25) is 0 Å². The average Bonchev–Trinajstić information content (AvgIpc) is 3.22. The highest BCUT2D eigenvalue weighted by Crippen LogP contribution is 2.35. The van der Waals surface area contributed by atoms with Crippen LogP contribution in [0.5, 0.6) is 5.75 Å². The van der Waals surface area contributed by atoms with Crippen LogP contribution < -0.4 is 15.4 Å². The first-order valence-corrected chi connectivity index (χ1v) is 8.85. The molecular formula is C18H25F3IN3O2. The first kappa shape index (κ1) is 22.1. The highest BCUT2D eigenvalue weighted by atomic mass is 127. The topological polar surface area (TPSA) is 54.9 Å². The van der Waals surface area contributed by atoms with Gasteiger partial charge in [-0.2, -0.15) is 13.2 Å². The van der Waals surface area contributed by atoms with E-state index in [1.165, 1.54) is 19.2 Å². The maximum atomic E-state index is 13.3. The number of ether oxygens (including phenoxy) is 2. The molecule has 3 unspecified atom stereocenters. The summed E-state index contributed by atoms with van der Waals surface area (Å²) in [7, 11) is 1.35. The zero-order valence-corrected chi connectivity index (χ0v) is 17.6. The molecule has 0 aliphatic carbocycles. The summed E-state index contributed by atoms with van der Waals surface area (Å²) in [4.78, 5) is 4.36. The van der Waals surface area contributed by atoms with Crippen molar-refractivity contribution in [3.8, 4) is 5.75 Å². The summed E-state index contributed by atoms with van der Waals surface area (Å²) in [6, 6.07) is 4.10. The number of nitrogens with one attached hydrogen (secondary N) is 2. The molecule has 5 nitrogen and oxygen atoms in total. The second-order valence-corrected chi connectivity index (χ2v) is 6.58. The van der Waals surface area contributed by atoms with Gasteiger partial charge in [0, 0.05) is 6.54 Å².